The molecule has 35 heavy (non-hydrogen) atoms. The van der Waals surface area contributed by atoms with E-state index in [0.29, 0.717) is 31.9 Å². The van der Waals surface area contributed by atoms with E-state index in [0.717, 1.165) is 17.0 Å². The lowest BCUT2D eigenvalue weighted by molar-refractivity contribution is -0.139. The summed E-state index contributed by atoms with van der Waals surface area (Å²) in [5.74, 6) is -0.912. The van der Waals surface area contributed by atoms with E-state index in [4.69, 9.17) is 34.8 Å². The highest BCUT2D eigenvalue weighted by atomic mass is 35.5. The number of carbonyl (C=O) groups excluding carboxylic acids is 2. The van der Waals surface area contributed by atoms with Crippen LogP contribution in [-0.2, 0) is 26.2 Å². The van der Waals surface area contributed by atoms with Gasteiger partial charge in [0.05, 0.1) is 22.0 Å². The van der Waals surface area contributed by atoms with Crippen molar-refractivity contribution in [2.24, 2.45) is 0 Å². The van der Waals surface area contributed by atoms with Gasteiger partial charge in [-0.2, -0.15) is 0 Å². The summed E-state index contributed by atoms with van der Waals surface area (Å²) in [5, 5.41) is 3.91. The Labute approximate surface area is 222 Å². The minimum Gasteiger partial charge on any atom is -0.352 e. The van der Waals surface area contributed by atoms with Gasteiger partial charge in [-0.3, -0.25) is 13.9 Å². The molecule has 192 valence electrons. The van der Waals surface area contributed by atoms with Crippen LogP contribution < -0.4 is 9.62 Å². The minimum absolute atomic E-state index is 0.0247. The van der Waals surface area contributed by atoms with Crippen molar-refractivity contribution in [1.82, 2.24) is 10.2 Å². The highest BCUT2D eigenvalue weighted by Gasteiger charge is 2.31. The van der Waals surface area contributed by atoms with Gasteiger partial charge in [-0.05, 0) is 62.6 Å². The lowest BCUT2D eigenvalue weighted by Crippen LogP contribution is -2.52. The highest BCUT2D eigenvalue weighted by Crippen LogP contribution is 2.29. The fourth-order valence-corrected chi connectivity index (χ4v) is 4.73. The highest BCUT2D eigenvalue weighted by molar-refractivity contribution is 7.92. The zero-order valence-corrected chi connectivity index (χ0v) is 23.4. The molecule has 0 spiro atoms. The molecule has 0 radical (unpaired) electrons. The summed E-state index contributed by atoms with van der Waals surface area (Å²) in [6, 6.07) is 8.77. The third kappa shape index (κ3) is 7.74. The maximum atomic E-state index is 13.6. The molecular formula is C24H30Cl3N3O4S. The molecule has 0 aromatic heterocycles. The Bertz CT molecular complexity index is 1190. The predicted molar refractivity (Wildman–Crippen MR) is 143 cm³/mol. The first-order valence-corrected chi connectivity index (χ1v) is 14.0. The number of carbonyl (C=O) groups is 2. The molecule has 0 heterocycles. The van der Waals surface area contributed by atoms with E-state index in [1.807, 2.05) is 13.8 Å². The number of anilines is 1. The van der Waals surface area contributed by atoms with Gasteiger partial charge in [-0.1, -0.05) is 53.9 Å². The number of hydrogen-bond acceptors (Lipinski definition) is 4. The van der Waals surface area contributed by atoms with Crippen molar-refractivity contribution in [1.29, 1.82) is 0 Å². The summed E-state index contributed by atoms with van der Waals surface area (Å²) in [6.45, 7) is 6.59. The maximum Gasteiger partial charge on any atom is 0.244 e. The summed E-state index contributed by atoms with van der Waals surface area (Å²) >= 11 is 18.4. The Morgan fingerprint density at radius 3 is 2.26 bits per heavy atom. The van der Waals surface area contributed by atoms with Gasteiger partial charge in [0.15, 0.2) is 0 Å². The molecule has 2 aromatic carbocycles. The van der Waals surface area contributed by atoms with Crippen LogP contribution in [0, 0.1) is 6.92 Å². The van der Waals surface area contributed by atoms with Gasteiger partial charge >= 0.3 is 0 Å². The van der Waals surface area contributed by atoms with E-state index < -0.39 is 28.5 Å². The number of hydrogen-bond donors (Lipinski definition) is 1. The zero-order chi connectivity index (χ0) is 26.5. The molecule has 2 amide bonds. The fraction of sp³-hybridized carbons (Fsp3) is 0.417. The predicted octanol–water partition coefficient (Wildman–Crippen LogP) is 5.05. The number of nitrogens with one attached hydrogen (secondary N) is 1. The average molecular weight is 563 g/mol. The molecule has 2 atom stereocenters. The van der Waals surface area contributed by atoms with E-state index >= 15 is 0 Å². The molecule has 0 aliphatic rings. The van der Waals surface area contributed by atoms with E-state index in [2.05, 4.69) is 5.32 Å². The second-order valence-electron chi connectivity index (χ2n) is 8.42. The maximum absolute atomic E-state index is 13.6. The second-order valence-corrected chi connectivity index (χ2v) is 11.5. The van der Waals surface area contributed by atoms with Crippen LogP contribution in [0.5, 0.6) is 0 Å². The topological polar surface area (TPSA) is 86.8 Å². The van der Waals surface area contributed by atoms with E-state index in [9.17, 15) is 18.0 Å². The Balaban J connectivity index is 2.45. The molecule has 0 saturated carbocycles. The minimum atomic E-state index is -3.85. The number of sulfonamides is 1. The lowest BCUT2D eigenvalue weighted by Gasteiger charge is -2.32. The Hall–Kier alpha value is -2.00. The van der Waals surface area contributed by atoms with Crippen LogP contribution in [0.4, 0.5) is 5.69 Å². The van der Waals surface area contributed by atoms with Crippen LogP contribution in [0.15, 0.2) is 36.4 Å². The molecule has 11 heteroatoms. The summed E-state index contributed by atoms with van der Waals surface area (Å²) in [6.07, 6.45) is 1.73. The number of halogens is 3. The summed E-state index contributed by atoms with van der Waals surface area (Å²) < 4.78 is 26.4. The SMILES string of the molecule is CC[C@H](C)NC(=O)[C@H](C)N(Cc1ccc(Cl)c(Cl)c1)C(=O)CN(c1cccc(Cl)c1C)S(C)(=O)=O. The van der Waals surface area contributed by atoms with Gasteiger partial charge in [0, 0.05) is 17.6 Å². The van der Waals surface area contributed by atoms with Gasteiger partial charge < -0.3 is 10.2 Å². The first kappa shape index (κ1) is 29.2. The molecule has 0 saturated heterocycles. The van der Waals surface area contributed by atoms with E-state index in [-0.39, 0.29) is 18.5 Å². The third-order valence-electron chi connectivity index (χ3n) is 5.69. The van der Waals surface area contributed by atoms with Crippen molar-refractivity contribution in [3.05, 3.63) is 62.6 Å². The van der Waals surface area contributed by atoms with Crippen molar-refractivity contribution in [3.8, 4) is 0 Å². The number of benzene rings is 2. The molecule has 0 fully saturated rings. The van der Waals surface area contributed by atoms with Gasteiger partial charge in [0.2, 0.25) is 21.8 Å². The Morgan fingerprint density at radius 2 is 1.69 bits per heavy atom. The van der Waals surface area contributed by atoms with E-state index in [1.54, 1.807) is 50.2 Å². The van der Waals surface area contributed by atoms with Crippen LogP contribution in [0.2, 0.25) is 15.1 Å². The Kier molecular flexibility index (Phi) is 10.3. The first-order valence-electron chi connectivity index (χ1n) is 11.0. The van der Waals surface area contributed by atoms with E-state index in [1.165, 1.54) is 4.90 Å². The van der Waals surface area contributed by atoms with Crippen LogP contribution in [-0.4, -0.2) is 50.0 Å². The number of amides is 2. The second kappa shape index (κ2) is 12.3. The van der Waals surface area contributed by atoms with Crippen molar-refractivity contribution < 1.29 is 18.0 Å². The molecule has 0 bridgehead atoms. The number of rotatable bonds is 10. The van der Waals surface area contributed by atoms with Crippen LogP contribution >= 0.6 is 34.8 Å². The zero-order valence-electron chi connectivity index (χ0n) is 20.3. The molecule has 0 unspecified atom stereocenters. The monoisotopic (exact) mass is 561 g/mol. The molecule has 1 N–H and O–H groups in total. The van der Waals surface area contributed by atoms with Crippen LogP contribution in [0.1, 0.15) is 38.3 Å². The Morgan fingerprint density at radius 1 is 1.03 bits per heavy atom. The molecule has 2 aromatic rings. The van der Waals surface area contributed by atoms with Gasteiger partial charge in [-0.15, -0.1) is 0 Å². The van der Waals surface area contributed by atoms with Crippen molar-refractivity contribution >= 4 is 62.3 Å². The summed E-state index contributed by atoms with van der Waals surface area (Å²) in [7, 11) is -3.85. The average Bonchev–Trinajstić information content (AvgIpc) is 2.78. The molecule has 2 rings (SSSR count). The van der Waals surface area contributed by atoms with Gasteiger partial charge in [0.25, 0.3) is 0 Å². The smallest absolute Gasteiger partial charge is 0.244 e. The summed E-state index contributed by atoms with van der Waals surface area (Å²) in [4.78, 5) is 27.8. The lowest BCUT2D eigenvalue weighted by atomic mass is 10.1. The molecule has 7 nitrogen and oxygen atoms in total. The molecule has 0 aliphatic carbocycles. The standard InChI is InChI=1S/C24H30Cl3N3O4S/c1-6-15(2)28-24(32)17(4)29(13-18-10-11-20(26)21(27)12-18)23(31)14-30(35(5,33)34)22-9-7-8-19(25)16(22)3/h7-12,15,17H,6,13-14H2,1-5H3,(H,28,32)/t15-,17-/m0/s1. The number of nitrogens with zero attached hydrogens (tertiary/aromatic N) is 2. The van der Waals surface area contributed by atoms with Crippen molar-refractivity contribution in [3.63, 3.8) is 0 Å². The molecular weight excluding hydrogens is 533 g/mol. The summed E-state index contributed by atoms with van der Waals surface area (Å²) in [5.41, 5.74) is 1.45. The quantitative estimate of drug-likeness (QED) is 0.439. The molecule has 0 aliphatic heterocycles. The first-order chi connectivity index (χ1) is 16.3. The normalized spacial score (nSPS) is 13.1. The van der Waals surface area contributed by atoms with Gasteiger partial charge in [-0.25, -0.2) is 8.42 Å². The van der Waals surface area contributed by atoms with Crippen LogP contribution in [0.25, 0.3) is 0 Å². The van der Waals surface area contributed by atoms with Crippen LogP contribution in [0.3, 0.4) is 0 Å². The van der Waals surface area contributed by atoms with Gasteiger partial charge in [0.1, 0.15) is 12.6 Å². The fourth-order valence-electron chi connectivity index (χ4n) is 3.34. The third-order valence-corrected chi connectivity index (χ3v) is 7.97. The van der Waals surface area contributed by atoms with Crippen molar-refractivity contribution in [2.75, 3.05) is 17.1 Å². The largest absolute Gasteiger partial charge is 0.352 e. The van der Waals surface area contributed by atoms with Crippen molar-refractivity contribution in [2.45, 2.75) is 52.7 Å².